The number of amides is 1. The van der Waals surface area contributed by atoms with Crippen LogP contribution in [0.4, 0.5) is 0 Å². The smallest absolute Gasteiger partial charge is 0.230 e. The van der Waals surface area contributed by atoms with Crippen molar-refractivity contribution in [2.45, 2.75) is 18.4 Å². The van der Waals surface area contributed by atoms with E-state index in [4.69, 9.17) is 11.6 Å². The van der Waals surface area contributed by atoms with Crippen LogP contribution >= 0.6 is 34.7 Å². The van der Waals surface area contributed by atoms with Crippen LogP contribution in [0.1, 0.15) is 10.6 Å². The molecular weight excluding hydrogens is 374 g/mol. The molecule has 0 spiro atoms. The molecule has 0 atom stereocenters. The number of thioether (sulfide) groups is 1. The van der Waals surface area contributed by atoms with Crippen molar-refractivity contribution in [1.82, 2.24) is 15.3 Å². The minimum Gasteiger partial charge on any atom is -0.350 e. The van der Waals surface area contributed by atoms with E-state index in [9.17, 15) is 4.79 Å². The highest BCUT2D eigenvalue weighted by molar-refractivity contribution is 8.00. The van der Waals surface area contributed by atoms with E-state index in [0.717, 1.165) is 26.0 Å². The fraction of sp³-hybridized carbons (Fsp3) is 0.167. The lowest BCUT2D eigenvalue weighted by Crippen LogP contribution is -2.24. The number of carbonyl (C=O) groups excluding carboxylic acids is 1. The van der Waals surface area contributed by atoms with Gasteiger partial charge in [0.25, 0.3) is 0 Å². The molecule has 128 valence electrons. The molecule has 2 aromatic heterocycles. The number of aryl methyl sites for hydroxylation is 1. The molecular formula is C18H16ClN3OS2. The van der Waals surface area contributed by atoms with E-state index in [1.165, 1.54) is 11.8 Å². The number of thiazole rings is 1. The first-order chi connectivity index (χ1) is 12.1. The van der Waals surface area contributed by atoms with Gasteiger partial charge in [-0.1, -0.05) is 29.8 Å². The quantitative estimate of drug-likeness (QED) is 0.627. The SMILES string of the molecule is Cc1nc(-c2ccccc2Cl)sc1CNC(=O)CSc1ccncc1. The zero-order chi connectivity index (χ0) is 17.6. The maximum Gasteiger partial charge on any atom is 0.230 e. The minimum atomic E-state index is -0.00564. The largest absolute Gasteiger partial charge is 0.350 e. The third-order valence-electron chi connectivity index (χ3n) is 3.46. The summed E-state index contributed by atoms with van der Waals surface area (Å²) in [5, 5.41) is 4.51. The number of hydrogen-bond donors (Lipinski definition) is 1. The van der Waals surface area contributed by atoms with Crippen molar-refractivity contribution in [3.05, 3.63) is 64.4 Å². The number of nitrogens with zero attached hydrogens (tertiary/aromatic N) is 2. The lowest BCUT2D eigenvalue weighted by Gasteiger charge is -2.04. The Labute approximate surface area is 159 Å². The summed E-state index contributed by atoms with van der Waals surface area (Å²) in [6, 6.07) is 11.4. The molecule has 7 heteroatoms. The first kappa shape index (κ1) is 17.9. The van der Waals surface area contributed by atoms with Crippen molar-refractivity contribution in [2.24, 2.45) is 0 Å². The standard InChI is InChI=1S/C18H16ClN3OS2/c1-12-16(25-18(22-12)14-4-2-3-5-15(14)19)10-21-17(23)11-24-13-6-8-20-9-7-13/h2-9H,10-11H2,1H3,(H,21,23). The van der Waals surface area contributed by atoms with Crippen LogP contribution in [0.15, 0.2) is 53.7 Å². The summed E-state index contributed by atoms with van der Waals surface area (Å²) < 4.78 is 0. The molecule has 4 nitrogen and oxygen atoms in total. The molecule has 0 aliphatic heterocycles. The molecule has 0 aliphatic rings. The second-order valence-electron chi connectivity index (χ2n) is 5.26. The Morgan fingerprint density at radius 1 is 1.24 bits per heavy atom. The number of carbonyl (C=O) groups is 1. The lowest BCUT2D eigenvalue weighted by atomic mass is 10.2. The van der Waals surface area contributed by atoms with Gasteiger partial charge in [0.15, 0.2) is 0 Å². The van der Waals surface area contributed by atoms with Gasteiger partial charge in [0.05, 0.1) is 23.0 Å². The number of aromatic nitrogens is 2. The normalized spacial score (nSPS) is 10.6. The summed E-state index contributed by atoms with van der Waals surface area (Å²) in [6.45, 7) is 2.42. The van der Waals surface area contributed by atoms with Crippen molar-refractivity contribution >= 4 is 40.6 Å². The predicted octanol–water partition coefficient (Wildman–Crippen LogP) is 4.58. The Hall–Kier alpha value is -1.89. The number of nitrogens with one attached hydrogen (secondary N) is 1. The van der Waals surface area contributed by atoms with E-state index in [2.05, 4.69) is 15.3 Å². The van der Waals surface area contributed by atoms with Crippen LogP contribution in [0.5, 0.6) is 0 Å². The van der Waals surface area contributed by atoms with Gasteiger partial charge in [0, 0.05) is 27.7 Å². The average Bonchev–Trinajstić information content (AvgIpc) is 3.00. The Morgan fingerprint density at radius 3 is 2.76 bits per heavy atom. The minimum absolute atomic E-state index is 0.00564. The first-order valence-electron chi connectivity index (χ1n) is 7.64. The average molecular weight is 390 g/mol. The van der Waals surface area contributed by atoms with Crippen molar-refractivity contribution < 1.29 is 4.79 Å². The van der Waals surface area contributed by atoms with E-state index in [0.29, 0.717) is 17.3 Å². The Balaban J connectivity index is 1.58. The fourth-order valence-corrected chi connectivity index (χ4v) is 4.19. The molecule has 3 aromatic rings. The third-order valence-corrected chi connectivity index (χ3v) is 6.00. The highest BCUT2D eigenvalue weighted by Gasteiger charge is 2.12. The zero-order valence-corrected chi connectivity index (χ0v) is 15.9. The molecule has 0 aliphatic carbocycles. The molecule has 0 saturated carbocycles. The second kappa shape index (κ2) is 8.47. The number of pyridine rings is 1. The van der Waals surface area contributed by atoms with Gasteiger partial charge < -0.3 is 5.32 Å². The summed E-state index contributed by atoms with van der Waals surface area (Å²) in [5.74, 6) is 0.369. The Bertz CT molecular complexity index is 868. The highest BCUT2D eigenvalue weighted by atomic mass is 35.5. The molecule has 0 fully saturated rings. The second-order valence-corrected chi connectivity index (χ2v) is 7.80. The molecule has 0 bridgehead atoms. The molecule has 1 N–H and O–H groups in total. The molecule has 2 heterocycles. The molecule has 25 heavy (non-hydrogen) atoms. The predicted molar refractivity (Wildman–Crippen MR) is 104 cm³/mol. The van der Waals surface area contributed by atoms with Crippen LogP contribution in [0, 0.1) is 6.92 Å². The van der Waals surface area contributed by atoms with Gasteiger partial charge in [-0.15, -0.1) is 23.1 Å². The summed E-state index contributed by atoms with van der Waals surface area (Å²) in [5.41, 5.74) is 1.84. The fourth-order valence-electron chi connectivity index (χ4n) is 2.16. The molecule has 0 unspecified atom stereocenters. The molecule has 1 amide bonds. The number of rotatable bonds is 6. The van der Waals surface area contributed by atoms with E-state index in [1.807, 2.05) is 43.3 Å². The summed E-state index contributed by atoms with van der Waals surface area (Å²) in [4.78, 5) is 22.7. The molecule has 1 aromatic carbocycles. The van der Waals surface area contributed by atoms with Gasteiger partial charge in [-0.3, -0.25) is 9.78 Å². The van der Waals surface area contributed by atoms with E-state index >= 15 is 0 Å². The Morgan fingerprint density at radius 2 is 2.00 bits per heavy atom. The summed E-state index contributed by atoms with van der Waals surface area (Å²) in [7, 11) is 0. The first-order valence-corrected chi connectivity index (χ1v) is 9.82. The van der Waals surface area contributed by atoms with Crippen molar-refractivity contribution in [3.8, 4) is 10.6 Å². The Kier molecular flexibility index (Phi) is 6.07. The summed E-state index contributed by atoms with van der Waals surface area (Å²) in [6.07, 6.45) is 3.44. The van der Waals surface area contributed by atoms with E-state index in [-0.39, 0.29) is 5.91 Å². The molecule has 0 saturated heterocycles. The third kappa shape index (κ3) is 4.81. The summed E-state index contributed by atoms with van der Waals surface area (Å²) >= 11 is 9.29. The number of halogens is 1. The number of benzene rings is 1. The van der Waals surface area contributed by atoms with Crippen LogP contribution < -0.4 is 5.32 Å². The molecule has 0 radical (unpaired) electrons. The van der Waals surface area contributed by atoms with Gasteiger partial charge in [-0.2, -0.15) is 0 Å². The van der Waals surface area contributed by atoms with Gasteiger partial charge in [-0.25, -0.2) is 4.98 Å². The highest BCUT2D eigenvalue weighted by Crippen LogP contribution is 2.32. The van der Waals surface area contributed by atoms with Crippen LogP contribution in [0.25, 0.3) is 10.6 Å². The maximum atomic E-state index is 12.0. The van der Waals surface area contributed by atoms with Crippen molar-refractivity contribution in [3.63, 3.8) is 0 Å². The van der Waals surface area contributed by atoms with Gasteiger partial charge in [0.1, 0.15) is 5.01 Å². The van der Waals surface area contributed by atoms with E-state index in [1.54, 1.807) is 23.7 Å². The number of hydrogen-bond acceptors (Lipinski definition) is 5. The van der Waals surface area contributed by atoms with E-state index < -0.39 is 0 Å². The van der Waals surface area contributed by atoms with Gasteiger partial charge >= 0.3 is 0 Å². The van der Waals surface area contributed by atoms with Crippen LogP contribution in [-0.4, -0.2) is 21.6 Å². The molecule has 3 rings (SSSR count). The topological polar surface area (TPSA) is 54.9 Å². The van der Waals surface area contributed by atoms with Crippen LogP contribution in [-0.2, 0) is 11.3 Å². The zero-order valence-electron chi connectivity index (χ0n) is 13.5. The van der Waals surface area contributed by atoms with Crippen molar-refractivity contribution in [1.29, 1.82) is 0 Å². The lowest BCUT2D eigenvalue weighted by molar-refractivity contribution is -0.118. The monoisotopic (exact) mass is 389 g/mol. The van der Waals surface area contributed by atoms with Crippen LogP contribution in [0.2, 0.25) is 5.02 Å². The van der Waals surface area contributed by atoms with Gasteiger partial charge in [0.2, 0.25) is 5.91 Å². The van der Waals surface area contributed by atoms with Crippen LogP contribution in [0.3, 0.4) is 0 Å². The van der Waals surface area contributed by atoms with Crippen molar-refractivity contribution in [2.75, 3.05) is 5.75 Å². The maximum absolute atomic E-state index is 12.0. The van der Waals surface area contributed by atoms with Gasteiger partial charge in [-0.05, 0) is 25.1 Å².